The molecule has 9 N–H and O–H groups in total. The molecular weight excluding hydrogens is 390 g/mol. The van der Waals surface area contributed by atoms with Crippen LogP contribution in [0, 0.1) is 0 Å². The van der Waals surface area contributed by atoms with Gasteiger partial charge in [0.1, 0.15) is 0 Å². The molecule has 0 aliphatic rings. The fourth-order valence-corrected chi connectivity index (χ4v) is 2.87. The molecule has 1 heterocycles. The summed E-state index contributed by atoms with van der Waals surface area (Å²) in [6.45, 7) is 0.528. The van der Waals surface area contributed by atoms with Crippen LogP contribution in [0.5, 0.6) is 0 Å². The largest absolute Gasteiger partial charge is 0.399 e. The first-order chi connectivity index (χ1) is 15.0. The second kappa shape index (κ2) is 8.87. The van der Waals surface area contributed by atoms with Gasteiger partial charge in [0.25, 0.3) is 0 Å². The Labute approximate surface area is 179 Å². The lowest BCUT2D eigenvalue weighted by Gasteiger charge is -2.12. The minimum absolute atomic E-state index is 0.367. The smallest absolute Gasteiger partial charge is 0.233 e. The Morgan fingerprint density at radius 2 is 1.10 bits per heavy atom. The lowest BCUT2D eigenvalue weighted by Crippen LogP contribution is -2.10. The lowest BCUT2D eigenvalue weighted by atomic mass is 10.2. The van der Waals surface area contributed by atoms with Crippen molar-refractivity contribution in [2.75, 3.05) is 33.2 Å². The van der Waals surface area contributed by atoms with Crippen LogP contribution >= 0.6 is 0 Å². The molecule has 0 saturated heterocycles. The molecule has 1 aromatic heterocycles. The molecule has 0 radical (unpaired) electrons. The van der Waals surface area contributed by atoms with Gasteiger partial charge in [-0.05, 0) is 54.1 Å². The summed E-state index contributed by atoms with van der Waals surface area (Å²) in [6, 6.07) is 22.3. The molecule has 3 aromatic carbocycles. The summed E-state index contributed by atoms with van der Waals surface area (Å²) in [5.41, 5.74) is 22.1. The maximum Gasteiger partial charge on any atom is 0.233 e. The number of nitrogen functional groups attached to an aromatic ring is 3. The maximum absolute atomic E-state index is 5.87. The van der Waals surface area contributed by atoms with E-state index in [1.54, 1.807) is 12.1 Å². The van der Waals surface area contributed by atoms with E-state index >= 15 is 0 Å². The third-order valence-corrected chi connectivity index (χ3v) is 4.35. The predicted molar refractivity (Wildman–Crippen MR) is 126 cm³/mol. The molecule has 0 aliphatic heterocycles. The van der Waals surface area contributed by atoms with Crippen LogP contribution in [0.2, 0.25) is 0 Å². The molecule has 0 spiro atoms. The number of hydrogen-bond acceptors (Lipinski definition) is 9. The Kier molecular flexibility index (Phi) is 5.66. The van der Waals surface area contributed by atoms with Crippen LogP contribution in [-0.2, 0) is 6.54 Å². The van der Waals surface area contributed by atoms with Gasteiger partial charge < -0.3 is 33.2 Å². The summed E-state index contributed by atoms with van der Waals surface area (Å²) in [5.74, 6) is 1.14. The van der Waals surface area contributed by atoms with Crippen LogP contribution in [0.25, 0.3) is 0 Å². The van der Waals surface area contributed by atoms with Gasteiger partial charge in [0, 0.05) is 35.0 Å². The summed E-state index contributed by atoms with van der Waals surface area (Å²) in [6.07, 6.45) is 0. The summed E-state index contributed by atoms with van der Waals surface area (Å²) in [4.78, 5) is 13.4. The average Bonchev–Trinajstić information content (AvgIpc) is 2.73. The van der Waals surface area contributed by atoms with E-state index in [0.717, 1.165) is 16.9 Å². The molecule has 0 fully saturated rings. The third kappa shape index (κ3) is 5.51. The van der Waals surface area contributed by atoms with Gasteiger partial charge in [0.15, 0.2) is 0 Å². The van der Waals surface area contributed by atoms with Crippen molar-refractivity contribution in [1.29, 1.82) is 0 Å². The number of aromatic nitrogens is 3. The Balaban J connectivity index is 1.59. The highest BCUT2D eigenvalue weighted by atomic mass is 15.3. The van der Waals surface area contributed by atoms with Crippen molar-refractivity contribution in [2.24, 2.45) is 0 Å². The minimum atomic E-state index is 0.367. The van der Waals surface area contributed by atoms with Gasteiger partial charge in [0.05, 0.1) is 0 Å². The van der Waals surface area contributed by atoms with Crippen LogP contribution in [-0.4, -0.2) is 15.0 Å². The number of rotatable bonds is 7. The summed E-state index contributed by atoms with van der Waals surface area (Å²) >= 11 is 0. The van der Waals surface area contributed by atoms with Gasteiger partial charge in [-0.2, -0.15) is 15.0 Å². The zero-order valence-electron chi connectivity index (χ0n) is 16.7. The molecule has 9 nitrogen and oxygen atoms in total. The standard InChI is InChI=1S/C22H23N9/c23-15-9-7-14(8-10-15)13-26-20-29-21(27-18-5-1-3-16(24)11-18)31-22(30-20)28-19-6-2-4-17(25)12-19/h1-12H,13,23-25H2,(H3,26,27,28,29,30,31). The summed E-state index contributed by atoms with van der Waals surface area (Å²) in [7, 11) is 0. The van der Waals surface area contributed by atoms with Crippen molar-refractivity contribution in [3.63, 3.8) is 0 Å². The quantitative estimate of drug-likeness (QED) is 0.249. The van der Waals surface area contributed by atoms with Crippen LogP contribution in [0.4, 0.5) is 46.3 Å². The summed E-state index contributed by atoms with van der Waals surface area (Å²) in [5, 5.41) is 9.55. The van der Waals surface area contributed by atoms with Crippen molar-refractivity contribution in [3.8, 4) is 0 Å². The molecule has 31 heavy (non-hydrogen) atoms. The second-order valence-corrected chi connectivity index (χ2v) is 6.90. The summed E-state index contributed by atoms with van der Waals surface area (Å²) < 4.78 is 0. The van der Waals surface area contributed by atoms with Crippen LogP contribution in [0.1, 0.15) is 5.56 Å². The number of benzene rings is 3. The minimum Gasteiger partial charge on any atom is -0.399 e. The zero-order valence-corrected chi connectivity index (χ0v) is 16.7. The fourth-order valence-electron chi connectivity index (χ4n) is 2.87. The van der Waals surface area contributed by atoms with Crippen molar-refractivity contribution in [3.05, 3.63) is 78.4 Å². The van der Waals surface area contributed by atoms with Gasteiger partial charge >= 0.3 is 0 Å². The van der Waals surface area contributed by atoms with E-state index in [1.807, 2.05) is 60.7 Å². The highest BCUT2D eigenvalue weighted by Crippen LogP contribution is 2.21. The highest BCUT2D eigenvalue weighted by molar-refractivity contribution is 5.63. The Morgan fingerprint density at radius 3 is 1.61 bits per heavy atom. The van der Waals surface area contributed by atoms with Crippen molar-refractivity contribution >= 4 is 46.3 Å². The SMILES string of the molecule is Nc1ccc(CNc2nc(Nc3cccc(N)c3)nc(Nc3cccc(N)c3)n2)cc1. The molecule has 0 saturated carbocycles. The van der Waals surface area contributed by atoms with Crippen LogP contribution in [0.3, 0.4) is 0 Å². The predicted octanol–water partition coefficient (Wildman–Crippen LogP) is 3.72. The number of hydrogen-bond donors (Lipinski definition) is 6. The first-order valence-electron chi connectivity index (χ1n) is 9.63. The van der Waals surface area contributed by atoms with Crippen LogP contribution in [0.15, 0.2) is 72.8 Å². The topological polar surface area (TPSA) is 153 Å². The third-order valence-electron chi connectivity index (χ3n) is 4.35. The van der Waals surface area contributed by atoms with E-state index in [-0.39, 0.29) is 0 Å². The fraction of sp³-hybridized carbons (Fsp3) is 0.0455. The number of anilines is 8. The molecule has 0 atom stereocenters. The molecule has 156 valence electrons. The van der Waals surface area contributed by atoms with E-state index in [1.165, 1.54) is 0 Å². The lowest BCUT2D eigenvalue weighted by molar-refractivity contribution is 1.01. The number of nitrogens with two attached hydrogens (primary N) is 3. The van der Waals surface area contributed by atoms with Crippen LogP contribution < -0.4 is 33.2 Å². The van der Waals surface area contributed by atoms with Crippen molar-refractivity contribution in [1.82, 2.24) is 15.0 Å². The molecule has 9 heteroatoms. The Morgan fingerprint density at radius 1 is 0.581 bits per heavy atom. The van der Waals surface area contributed by atoms with Gasteiger partial charge in [-0.25, -0.2) is 0 Å². The highest BCUT2D eigenvalue weighted by Gasteiger charge is 2.08. The Hall–Kier alpha value is -4.53. The first kappa shape index (κ1) is 19.8. The molecule has 0 amide bonds. The zero-order chi connectivity index (χ0) is 21.6. The van der Waals surface area contributed by atoms with E-state index < -0.39 is 0 Å². The van der Waals surface area contributed by atoms with Gasteiger partial charge in [0.2, 0.25) is 17.8 Å². The number of nitrogens with zero attached hydrogens (tertiary/aromatic N) is 3. The maximum atomic E-state index is 5.87. The van der Waals surface area contributed by atoms with Gasteiger partial charge in [-0.15, -0.1) is 0 Å². The normalized spacial score (nSPS) is 10.5. The average molecular weight is 413 g/mol. The first-order valence-corrected chi connectivity index (χ1v) is 9.63. The molecule has 0 aliphatic carbocycles. The van der Waals surface area contributed by atoms with E-state index in [9.17, 15) is 0 Å². The van der Waals surface area contributed by atoms with E-state index in [0.29, 0.717) is 41.5 Å². The monoisotopic (exact) mass is 413 g/mol. The van der Waals surface area contributed by atoms with E-state index in [4.69, 9.17) is 17.2 Å². The molecule has 0 unspecified atom stereocenters. The van der Waals surface area contributed by atoms with Gasteiger partial charge in [-0.3, -0.25) is 0 Å². The van der Waals surface area contributed by atoms with Crippen molar-refractivity contribution in [2.45, 2.75) is 6.54 Å². The van der Waals surface area contributed by atoms with E-state index in [2.05, 4.69) is 30.9 Å². The molecular formula is C22H23N9. The number of nitrogens with one attached hydrogen (secondary N) is 3. The molecule has 4 aromatic rings. The van der Waals surface area contributed by atoms with Crippen molar-refractivity contribution < 1.29 is 0 Å². The molecule has 0 bridgehead atoms. The Bertz CT molecular complexity index is 1110. The molecule has 4 rings (SSSR count). The van der Waals surface area contributed by atoms with Gasteiger partial charge in [-0.1, -0.05) is 24.3 Å². The second-order valence-electron chi connectivity index (χ2n) is 6.90.